The number of aromatic nitrogens is 1. The molecule has 86 valence electrons. The molecule has 0 aliphatic heterocycles. The molecule has 1 saturated carbocycles. The van der Waals surface area contributed by atoms with Gasteiger partial charge < -0.3 is 5.11 Å². The Labute approximate surface area is 101 Å². The van der Waals surface area contributed by atoms with Crippen LogP contribution in [0, 0.1) is 0 Å². The number of aromatic hydroxyl groups is 1. The first-order valence-corrected chi connectivity index (χ1v) is 6.09. The summed E-state index contributed by atoms with van der Waals surface area (Å²) in [4.78, 5) is 4.24. The summed E-state index contributed by atoms with van der Waals surface area (Å²) >= 11 is 0. The Morgan fingerprint density at radius 1 is 1.12 bits per heavy atom. The highest BCUT2D eigenvalue weighted by Crippen LogP contribution is 2.38. The van der Waals surface area contributed by atoms with E-state index in [4.69, 9.17) is 0 Å². The minimum atomic E-state index is 0.248. The van der Waals surface area contributed by atoms with Gasteiger partial charge >= 0.3 is 0 Å². The maximum Gasteiger partial charge on any atom is 0.141 e. The lowest BCUT2D eigenvalue weighted by atomic mass is 9.79. The Balaban J connectivity index is 2.00. The van der Waals surface area contributed by atoms with Crippen molar-refractivity contribution in [1.82, 2.24) is 4.98 Å². The van der Waals surface area contributed by atoms with Crippen LogP contribution in [-0.4, -0.2) is 10.1 Å². The molecule has 0 spiro atoms. The predicted octanol–water partition coefficient (Wildman–Crippen LogP) is 3.72. The smallest absolute Gasteiger partial charge is 0.141 e. The molecular weight excluding hydrogens is 210 g/mol. The van der Waals surface area contributed by atoms with Crippen molar-refractivity contribution in [2.24, 2.45) is 0 Å². The Morgan fingerprint density at radius 3 is 2.71 bits per heavy atom. The van der Waals surface area contributed by atoms with Gasteiger partial charge in [-0.1, -0.05) is 24.6 Å². The molecule has 1 fully saturated rings. The van der Waals surface area contributed by atoms with E-state index in [1.807, 2.05) is 6.07 Å². The van der Waals surface area contributed by atoms with Crippen LogP contribution in [0.3, 0.4) is 0 Å². The third kappa shape index (κ3) is 1.91. The molecule has 0 saturated heterocycles. The third-order valence-electron chi connectivity index (χ3n) is 3.52. The molecule has 0 bridgehead atoms. The summed E-state index contributed by atoms with van der Waals surface area (Å²) in [6.45, 7) is 0. The van der Waals surface area contributed by atoms with E-state index in [1.165, 1.54) is 24.8 Å². The second-order valence-electron chi connectivity index (χ2n) is 4.62. The summed E-state index contributed by atoms with van der Waals surface area (Å²) in [6.07, 6.45) is 5.63. The number of benzene rings is 1. The van der Waals surface area contributed by atoms with E-state index in [9.17, 15) is 5.11 Å². The lowest BCUT2D eigenvalue weighted by Crippen LogP contribution is -2.08. The van der Waals surface area contributed by atoms with E-state index in [0.29, 0.717) is 11.6 Å². The van der Waals surface area contributed by atoms with Crippen molar-refractivity contribution in [2.75, 3.05) is 0 Å². The van der Waals surface area contributed by atoms with E-state index in [1.54, 1.807) is 18.3 Å². The standard InChI is InChI=1S/C15H15NO/c17-14-8-3-9-16-15(14)13-7-2-6-12(10-13)11-4-1-5-11/h2-3,6-11,17H,1,4-5H2. The Hall–Kier alpha value is -1.83. The number of hydrogen-bond acceptors (Lipinski definition) is 2. The summed E-state index contributed by atoms with van der Waals surface area (Å²) in [6, 6.07) is 11.8. The number of pyridine rings is 1. The van der Waals surface area contributed by atoms with E-state index in [2.05, 4.69) is 23.2 Å². The van der Waals surface area contributed by atoms with Gasteiger partial charge in [0.05, 0.1) is 0 Å². The molecule has 1 aromatic heterocycles. The summed E-state index contributed by atoms with van der Waals surface area (Å²) in [5.74, 6) is 0.957. The molecule has 1 aromatic carbocycles. The Morgan fingerprint density at radius 2 is 2.00 bits per heavy atom. The van der Waals surface area contributed by atoms with Crippen LogP contribution in [-0.2, 0) is 0 Å². The summed E-state index contributed by atoms with van der Waals surface area (Å²) < 4.78 is 0. The molecule has 3 rings (SSSR count). The zero-order chi connectivity index (χ0) is 11.7. The molecule has 0 atom stereocenters. The van der Waals surface area contributed by atoms with E-state index in [0.717, 1.165) is 5.56 Å². The summed E-state index contributed by atoms with van der Waals surface area (Å²) in [5, 5.41) is 9.80. The molecule has 0 radical (unpaired) electrons. The van der Waals surface area contributed by atoms with Crippen LogP contribution < -0.4 is 0 Å². The third-order valence-corrected chi connectivity index (χ3v) is 3.52. The van der Waals surface area contributed by atoms with Gasteiger partial charge in [0, 0.05) is 11.8 Å². The summed E-state index contributed by atoms with van der Waals surface area (Å²) in [5.41, 5.74) is 3.06. The average molecular weight is 225 g/mol. The minimum Gasteiger partial charge on any atom is -0.506 e. The van der Waals surface area contributed by atoms with Crippen LogP contribution in [0.1, 0.15) is 30.7 Å². The topological polar surface area (TPSA) is 33.1 Å². The van der Waals surface area contributed by atoms with Crippen LogP contribution in [0.15, 0.2) is 42.6 Å². The quantitative estimate of drug-likeness (QED) is 0.844. The molecule has 0 amide bonds. The van der Waals surface area contributed by atoms with Gasteiger partial charge in [0.1, 0.15) is 11.4 Å². The van der Waals surface area contributed by atoms with Gasteiger partial charge in [0.2, 0.25) is 0 Å². The number of rotatable bonds is 2. The van der Waals surface area contributed by atoms with Gasteiger partial charge in [0.15, 0.2) is 0 Å². The van der Waals surface area contributed by atoms with Crippen molar-refractivity contribution in [3.8, 4) is 17.0 Å². The zero-order valence-electron chi connectivity index (χ0n) is 9.63. The van der Waals surface area contributed by atoms with Crippen LogP contribution in [0.25, 0.3) is 11.3 Å². The maximum atomic E-state index is 9.80. The van der Waals surface area contributed by atoms with Gasteiger partial charge in [0.25, 0.3) is 0 Å². The molecule has 17 heavy (non-hydrogen) atoms. The molecule has 2 aromatic rings. The lowest BCUT2D eigenvalue weighted by Gasteiger charge is -2.26. The van der Waals surface area contributed by atoms with Gasteiger partial charge in [-0.05, 0) is 42.5 Å². The monoisotopic (exact) mass is 225 g/mol. The van der Waals surface area contributed by atoms with Gasteiger partial charge in [-0.25, -0.2) is 0 Å². The van der Waals surface area contributed by atoms with Crippen molar-refractivity contribution in [3.63, 3.8) is 0 Å². The van der Waals surface area contributed by atoms with Crippen LogP contribution in [0.4, 0.5) is 0 Å². The van der Waals surface area contributed by atoms with Crippen molar-refractivity contribution in [2.45, 2.75) is 25.2 Å². The Kier molecular flexibility index (Phi) is 2.56. The van der Waals surface area contributed by atoms with Gasteiger partial charge in [-0.3, -0.25) is 4.98 Å². The van der Waals surface area contributed by atoms with Crippen LogP contribution in [0.2, 0.25) is 0 Å². The normalized spacial score (nSPS) is 15.5. The number of nitrogens with zero attached hydrogens (tertiary/aromatic N) is 1. The van der Waals surface area contributed by atoms with Crippen LogP contribution >= 0.6 is 0 Å². The second kappa shape index (κ2) is 4.21. The highest BCUT2D eigenvalue weighted by Gasteiger charge is 2.19. The van der Waals surface area contributed by atoms with Crippen molar-refractivity contribution in [1.29, 1.82) is 0 Å². The van der Waals surface area contributed by atoms with Crippen molar-refractivity contribution >= 4 is 0 Å². The Bertz CT molecular complexity index is 532. The fraction of sp³-hybridized carbons (Fsp3) is 0.267. The molecule has 1 aliphatic rings. The molecule has 1 N–H and O–H groups in total. The zero-order valence-corrected chi connectivity index (χ0v) is 9.63. The molecule has 2 heteroatoms. The molecule has 2 nitrogen and oxygen atoms in total. The van der Waals surface area contributed by atoms with E-state index in [-0.39, 0.29) is 5.75 Å². The first-order valence-electron chi connectivity index (χ1n) is 6.09. The van der Waals surface area contributed by atoms with Gasteiger partial charge in [-0.15, -0.1) is 0 Å². The fourth-order valence-corrected chi connectivity index (χ4v) is 2.30. The molecule has 1 heterocycles. The largest absolute Gasteiger partial charge is 0.506 e. The highest BCUT2D eigenvalue weighted by atomic mass is 16.3. The van der Waals surface area contributed by atoms with E-state index >= 15 is 0 Å². The SMILES string of the molecule is Oc1cccnc1-c1cccc(C2CCC2)c1. The molecule has 0 unspecified atom stereocenters. The maximum absolute atomic E-state index is 9.80. The number of hydrogen-bond donors (Lipinski definition) is 1. The van der Waals surface area contributed by atoms with Gasteiger partial charge in [-0.2, -0.15) is 0 Å². The van der Waals surface area contributed by atoms with E-state index < -0.39 is 0 Å². The minimum absolute atomic E-state index is 0.248. The fourth-order valence-electron chi connectivity index (χ4n) is 2.30. The first-order chi connectivity index (χ1) is 8.34. The average Bonchev–Trinajstić information content (AvgIpc) is 2.28. The van der Waals surface area contributed by atoms with Crippen molar-refractivity contribution < 1.29 is 5.11 Å². The highest BCUT2D eigenvalue weighted by molar-refractivity contribution is 5.66. The first kappa shape index (κ1) is 10.3. The molecule has 1 aliphatic carbocycles. The lowest BCUT2D eigenvalue weighted by molar-refractivity contribution is 0.420. The predicted molar refractivity (Wildman–Crippen MR) is 67.9 cm³/mol. The molecular formula is C15H15NO. The van der Waals surface area contributed by atoms with Crippen LogP contribution in [0.5, 0.6) is 5.75 Å². The van der Waals surface area contributed by atoms with Crippen molar-refractivity contribution in [3.05, 3.63) is 48.2 Å². The second-order valence-corrected chi connectivity index (χ2v) is 4.62. The summed E-state index contributed by atoms with van der Waals surface area (Å²) in [7, 11) is 0.